The molecule has 2 amide bonds. The quantitative estimate of drug-likeness (QED) is 0.219. The molecule has 0 aliphatic carbocycles. The zero-order chi connectivity index (χ0) is 31.3. The molecule has 1 aromatic carbocycles. The number of aliphatic imine (C=N–C) groups is 1. The van der Waals surface area contributed by atoms with E-state index in [-0.39, 0.29) is 37.0 Å². The lowest BCUT2D eigenvalue weighted by Crippen LogP contribution is -2.29. The third-order valence-electron chi connectivity index (χ3n) is 6.94. The predicted octanol–water partition coefficient (Wildman–Crippen LogP) is 5.32. The molecular weight excluding hydrogens is 588 g/mol. The van der Waals surface area contributed by atoms with Gasteiger partial charge in [0.15, 0.2) is 5.82 Å². The van der Waals surface area contributed by atoms with Crippen molar-refractivity contribution < 1.29 is 19.1 Å². The number of hydrogen-bond donors (Lipinski definition) is 2. The average Bonchev–Trinajstić information content (AvgIpc) is 3.40. The number of carbonyl (C=O) groups excluding carboxylic acids is 3. The standard InChI is InChI=1S/C31H39ClN6O4S/c1-18-19(2)43-30-27(18)28(21-11-13-22(32)14-12-21)35-23(29-37-36-20(3)38(29)30)17-25(40)34-15-7-9-24(39)33-16-8-10-26(41)42-31(4,5)6/h11-14,23H,7-10,15-17H2,1-6H3,(H,33,39)(H,34,40)/t23-/m0/s1. The molecule has 0 saturated carbocycles. The number of nitrogens with one attached hydrogen (secondary N) is 2. The van der Waals surface area contributed by atoms with Crippen molar-refractivity contribution in [1.82, 2.24) is 25.4 Å². The summed E-state index contributed by atoms with van der Waals surface area (Å²) in [6, 6.07) is 7.00. The van der Waals surface area contributed by atoms with Crippen molar-refractivity contribution in [3.8, 4) is 5.00 Å². The molecule has 0 spiro atoms. The normalized spacial score (nSPS) is 14.3. The maximum Gasteiger partial charge on any atom is 0.306 e. The van der Waals surface area contributed by atoms with Crippen molar-refractivity contribution in [1.29, 1.82) is 0 Å². The summed E-state index contributed by atoms with van der Waals surface area (Å²) < 4.78 is 7.28. The molecule has 10 nitrogen and oxygen atoms in total. The Morgan fingerprint density at radius 2 is 1.63 bits per heavy atom. The van der Waals surface area contributed by atoms with E-state index >= 15 is 0 Å². The minimum Gasteiger partial charge on any atom is -0.460 e. The van der Waals surface area contributed by atoms with Gasteiger partial charge in [-0.25, -0.2) is 0 Å². The minimum atomic E-state index is -0.556. The number of aromatic nitrogens is 3. The zero-order valence-electron chi connectivity index (χ0n) is 25.5. The molecule has 1 aliphatic rings. The molecule has 1 atom stereocenters. The van der Waals surface area contributed by atoms with E-state index < -0.39 is 11.6 Å². The second-order valence-electron chi connectivity index (χ2n) is 11.6. The van der Waals surface area contributed by atoms with Crippen molar-refractivity contribution in [2.75, 3.05) is 13.1 Å². The summed E-state index contributed by atoms with van der Waals surface area (Å²) in [6.07, 6.45) is 1.59. The maximum absolute atomic E-state index is 13.1. The van der Waals surface area contributed by atoms with Crippen LogP contribution < -0.4 is 10.6 Å². The number of aryl methyl sites for hydroxylation is 2. The van der Waals surface area contributed by atoms with Crippen molar-refractivity contribution in [3.05, 3.63) is 62.5 Å². The third-order valence-corrected chi connectivity index (χ3v) is 8.38. The van der Waals surface area contributed by atoms with Crippen molar-refractivity contribution in [3.63, 3.8) is 0 Å². The Labute approximate surface area is 261 Å². The van der Waals surface area contributed by atoms with Gasteiger partial charge in [-0.1, -0.05) is 23.7 Å². The molecule has 0 unspecified atom stereocenters. The number of halogens is 1. The van der Waals surface area contributed by atoms with E-state index in [1.807, 2.05) is 56.5 Å². The Balaban J connectivity index is 1.37. The highest BCUT2D eigenvalue weighted by Crippen LogP contribution is 2.39. The van der Waals surface area contributed by atoms with Crippen molar-refractivity contribution in [2.24, 2.45) is 4.99 Å². The molecule has 0 fully saturated rings. The lowest BCUT2D eigenvalue weighted by atomic mass is 9.99. The highest BCUT2D eigenvalue weighted by atomic mass is 35.5. The first kappa shape index (κ1) is 32.3. The van der Waals surface area contributed by atoms with Crippen molar-refractivity contribution >= 4 is 46.4 Å². The molecule has 4 rings (SSSR count). The van der Waals surface area contributed by atoms with E-state index in [0.717, 1.165) is 33.2 Å². The van der Waals surface area contributed by atoms with Crippen LogP contribution in [0.1, 0.15) is 92.1 Å². The molecule has 0 saturated heterocycles. The number of hydrogen-bond acceptors (Lipinski definition) is 8. The largest absolute Gasteiger partial charge is 0.460 e. The van der Waals surface area contributed by atoms with E-state index in [9.17, 15) is 14.4 Å². The Morgan fingerprint density at radius 1 is 0.977 bits per heavy atom. The minimum absolute atomic E-state index is 0.0824. The summed E-state index contributed by atoms with van der Waals surface area (Å²) >= 11 is 7.84. The molecule has 0 bridgehead atoms. The molecule has 3 heterocycles. The first-order chi connectivity index (χ1) is 20.3. The van der Waals surface area contributed by atoms with Gasteiger partial charge in [0.2, 0.25) is 11.8 Å². The Kier molecular flexibility index (Phi) is 10.4. The Bertz CT molecular complexity index is 1520. The number of benzene rings is 1. The van der Waals surface area contributed by atoms with Crippen LogP contribution >= 0.6 is 22.9 Å². The number of fused-ring (bicyclic) bond motifs is 3. The molecule has 3 aromatic rings. The van der Waals surface area contributed by atoms with E-state index in [0.29, 0.717) is 36.8 Å². The molecule has 0 radical (unpaired) electrons. The van der Waals surface area contributed by atoms with E-state index in [2.05, 4.69) is 34.7 Å². The zero-order valence-corrected chi connectivity index (χ0v) is 27.1. The summed E-state index contributed by atoms with van der Waals surface area (Å²) in [5, 5.41) is 16.1. The fraction of sp³-hybridized carbons (Fsp3) is 0.484. The molecule has 2 aromatic heterocycles. The molecule has 230 valence electrons. The first-order valence-corrected chi connectivity index (χ1v) is 15.6. The number of amides is 2. The SMILES string of the molecule is Cc1sc2c(c1C)C(c1ccc(Cl)cc1)=N[C@@H](CC(=O)NCCCC(=O)NCCCC(=O)OC(C)(C)C)c1nnc(C)n1-2. The summed E-state index contributed by atoms with van der Waals surface area (Å²) in [7, 11) is 0. The van der Waals surface area contributed by atoms with Crippen LogP contribution in [0.15, 0.2) is 29.3 Å². The Hall–Kier alpha value is -3.57. The lowest BCUT2D eigenvalue weighted by molar-refractivity contribution is -0.155. The predicted molar refractivity (Wildman–Crippen MR) is 168 cm³/mol. The van der Waals surface area contributed by atoms with Crippen LogP contribution in [0.3, 0.4) is 0 Å². The summed E-state index contributed by atoms with van der Waals surface area (Å²) in [4.78, 5) is 43.4. The fourth-order valence-electron chi connectivity index (χ4n) is 4.80. The van der Waals surface area contributed by atoms with Crippen molar-refractivity contribution in [2.45, 2.75) is 85.3 Å². The van der Waals surface area contributed by atoms with Gasteiger partial charge in [-0.05, 0) is 72.1 Å². The van der Waals surface area contributed by atoms with Crippen LogP contribution in [0.2, 0.25) is 5.02 Å². The van der Waals surface area contributed by atoms with Gasteiger partial charge < -0.3 is 15.4 Å². The first-order valence-electron chi connectivity index (χ1n) is 14.5. The van der Waals surface area contributed by atoms with Crippen LogP contribution in [0.4, 0.5) is 0 Å². The summed E-state index contributed by atoms with van der Waals surface area (Å²) in [5.41, 5.74) is 3.31. The molecule has 43 heavy (non-hydrogen) atoms. The fourth-order valence-corrected chi connectivity index (χ4v) is 6.14. The number of thiophene rings is 1. The average molecular weight is 627 g/mol. The number of ether oxygens (including phenoxy) is 1. The van der Waals surface area contributed by atoms with Gasteiger partial charge in [-0.3, -0.25) is 23.9 Å². The second-order valence-corrected chi connectivity index (χ2v) is 13.2. The van der Waals surface area contributed by atoms with E-state index in [4.69, 9.17) is 21.3 Å². The van der Waals surface area contributed by atoms with Gasteiger partial charge in [0, 0.05) is 47.0 Å². The van der Waals surface area contributed by atoms with Gasteiger partial charge in [0.1, 0.15) is 22.5 Å². The molecular formula is C31H39ClN6O4S. The van der Waals surface area contributed by atoms with Crippen LogP contribution in [0.25, 0.3) is 5.00 Å². The van der Waals surface area contributed by atoms with Crippen LogP contribution in [-0.2, 0) is 19.1 Å². The number of carbonyl (C=O) groups is 3. The highest BCUT2D eigenvalue weighted by Gasteiger charge is 2.32. The van der Waals surface area contributed by atoms with E-state index in [1.165, 1.54) is 4.88 Å². The Morgan fingerprint density at radius 3 is 2.30 bits per heavy atom. The molecule has 2 N–H and O–H groups in total. The topological polar surface area (TPSA) is 128 Å². The van der Waals surface area contributed by atoms with Crippen LogP contribution in [0, 0.1) is 20.8 Å². The van der Waals surface area contributed by atoms with Gasteiger partial charge in [-0.15, -0.1) is 21.5 Å². The monoisotopic (exact) mass is 626 g/mol. The molecule has 12 heteroatoms. The number of nitrogens with zero attached hydrogens (tertiary/aromatic N) is 4. The summed E-state index contributed by atoms with van der Waals surface area (Å²) in [6.45, 7) is 12.3. The van der Waals surface area contributed by atoms with Crippen LogP contribution in [-0.4, -0.2) is 57.0 Å². The number of esters is 1. The molecule has 1 aliphatic heterocycles. The third kappa shape index (κ3) is 8.29. The number of rotatable bonds is 11. The van der Waals surface area contributed by atoms with Gasteiger partial charge in [0.05, 0.1) is 12.1 Å². The second kappa shape index (κ2) is 13.8. The highest BCUT2D eigenvalue weighted by molar-refractivity contribution is 7.15. The van der Waals surface area contributed by atoms with Gasteiger partial charge >= 0.3 is 5.97 Å². The summed E-state index contributed by atoms with van der Waals surface area (Å²) in [5.74, 6) is 0.751. The van der Waals surface area contributed by atoms with E-state index in [1.54, 1.807) is 11.3 Å². The lowest BCUT2D eigenvalue weighted by Gasteiger charge is -2.19. The smallest absolute Gasteiger partial charge is 0.306 e. The van der Waals surface area contributed by atoms with Gasteiger partial charge in [-0.2, -0.15) is 0 Å². The maximum atomic E-state index is 13.1. The van der Waals surface area contributed by atoms with Crippen LogP contribution in [0.5, 0.6) is 0 Å². The van der Waals surface area contributed by atoms with Gasteiger partial charge in [0.25, 0.3) is 0 Å².